The van der Waals surface area contributed by atoms with Crippen LogP contribution in [0.5, 0.6) is 0 Å². The van der Waals surface area contributed by atoms with Crippen LogP contribution in [-0.2, 0) is 23.7 Å². The average Bonchev–Trinajstić information content (AvgIpc) is 2.81. The van der Waals surface area contributed by atoms with Crippen LogP contribution in [0, 0.1) is 6.92 Å². The van der Waals surface area contributed by atoms with Gasteiger partial charge in [0, 0.05) is 19.8 Å². The summed E-state index contributed by atoms with van der Waals surface area (Å²) in [5.74, 6) is -0.908. The smallest absolute Gasteiger partial charge is 0.315 e. The van der Waals surface area contributed by atoms with Gasteiger partial charge in [0.25, 0.3) is 0 Å². The van der Waals surface area contributed by atoms with E-state index in [1.165, 1.54) is 0 Å². The van der Waals surface area contributed by atoms with Gasteiger partial charge in [0.05, 0.1) is 6.20 Å². The minimum absolute atomic E-state index is 0.0423. The molecule has 5 heteroatoms. The predicted octanol–water partition coefficient (Wildman–Crippen LogP) is 1.25. The van der Waals surface area contributed by atoms with Gasteiger partial charge in [0.1, 0.15) is 5.41 Å². The minimum atomic E-state index is -1.12. The number of carbonyl (C=O) groups is 1. The van der Waals surface area contributed by atoms with Crippen molar-refractivity contribution in [1.82, 2.24) is 9.78 Å². The third kappa shape index (κ3) is 2.58. The Morgan fingerprint density at radius 2 is 2.25 bits per heavy atom. The van der Waals surface area contributed by atoms with E-state index < -0.39 is 11.4 Å². The van der Waals surface area contributed by atoms with Gasteiger partial charge in [0.2, 0.25) is 0 Å². The van der Waals surface area contributed by atoms with Crippen LogP contribution < -0.4 is 5.73 Å². The first kappa shape index (κ1) is 14.3. The van der Waals surface area contributed by atoms with Crippen LogP contribution in [-0.4, -0.2) is 27.4 Å². The van der Waals surface area contributed by atoms with E-state index in [-0.39, 0.29) is 6.54 Å². The molecule has 2 aromatic rings. The molecule has 1 aromatic carbocycles. The van der Waals surface area contributed by atoms with Crippen molar-refractivity contribution in [2.24, 2.45) is 12.8 Å². The number of aryl methyl sites for hydroxylation is 2. The van der Waals surface area contributed by atoms with Gasteiger partial charge < -0.3 is 10.8 Å². The van der Waals surface area contributed by atoms with Crippen molar-refractivity contribution in [3.63, 3.8) is 0 Å². The molecule has 2 rings (SSSR count). The number of nitrogens with zero attached hydrogens (tertiary/aromatic N) is 2. The molecule has 20 heavy (non-hydrogen) atoms. The van der Waals surface area contributed by atoms with Crippen LogP contribution in [0.1, 0.15) is 16.7 Å². The van der Waals surface area contributed by atoms with E-state index in [1.54, 1.807) is 17.9 Å². The monoisotopic (exact) mass is 273 g/mol. The molecule has 1 unspecified atom stereocenters. The summed E-state index contributed by atoms with van der Waals surface area (Å²) in [6.07, 6.45) is 3.84. The molecule has 106 valence electrons. The molecule has 1 aromatic heterocycles. The Kier molecular flexibility index (Phi) is 3.90. The number of benzene rings is 1. The maximum absolute atomic E-state index is 11.9. The summed E-state index contributed by atoms with van der Waals surface area (Å²) < 4.78 is 1.66. The first-order chi connectivity index (χ1) is 9.48. The number of hydrogen-bond donors (Lipinski definition) is 2. The van der Waals surface area contributed by atoms with E-state index >= 15 is 0 Å². The highest BCUT2D eigenvalue weighted by Gasteiger charge is 2.39. The lowest BCUT2D eigenvalue weighted by Crippen LogP contribution is -2.45. The van der Waals surface area contributed by atoms with Gasteiger partial charge in [-0.15, -0.1) is 0 Å². The van der Waals surface area contributed by atoms with E-state index in [0.717, 1.165) is 16.7 Å². The van der Waals surface area contributed by atoms with Crippen LogP contribution in [0.2, 0.25) is 0 Å². The maximum Gasteiger partial charge on any atom is 0.315 e. The van der Waals surface area contributed by atoms with Crippen LogP contribution in [0.3, 0.4) is 0 Å². The normalized spacial score (nSPS) is 13.9. The minimum Gasteiger partial charge on any atom is -0.481 e. The van der Waals surface area contributed by atoms with E-state index in [4.69, 9.17) is 5.73 Å². The third-order valence-electron chi connectivity index (χ3n) is 3.59. The maximum atomic E-state index is 11.9. The van der Waals surface area contributed by atoms with Gasteiger partial charge in [-0.3, -0.25) is 9.48 Å². The fourth-order valence-corrected chi connectivity index (χ4v) is 2.43. The fraction of sp³-hybridized carbons (Fsp3) is 0.333. The molecule has 0 saturated carbocycles. The zero-order valence-corrected chi connectivity index (χ0v) is 11.7. The Morgan fingerprint density at radius 3 is 2.75 bits per heavy atom. The number of aliphatic carboxylic acids is 1. The van der Waals surface area contributed by atoms with E-state index in [0.29, 0.717) is 6.42 Å². The lowest BCUT2D eigenvalue weighted by Gasteiger charge is -2.28. The fourth-order valence-electron chi connectivity index (χ4n) is 2.43. The van der Waals surface area contributed by atoms with Gasteiger partial charge >= 0.3 is 5.97 Å². The first-order valence-electron chi connectivity index (χ1n) is 6.46. The van der Waals surface area contributed by atoms with Crippen LogP contribution in [0.25, 0.3) is 0 Å². The van der Waals surface area contributed by atoms with E-state index in [9.17, 15) is 9.90 Å². The van der Waals surface area contributed by atoms with Crippen LogP contribution in [0.4, 0.5) is 0 Å². The number of hydrogen-bond acceptors (Lipinski definition) is 3. The Morgan fingerprint density at radius 1 is 1.50 bits per heavy atom. The molecule has 5 nitrogen and oxygen atoms in total. The highest BCUT2D eigenvalue weighted by Crippen LogP contribution is 2.29. The largest absolute Gasteiger partial charge is 0.481 e. The van der Waals surface area contributed by atoms with Crippen molar-refractivity contribution in [2.75, 3.05) is 6.54 Å². The Labute approximate surface area is 118 Å². The lowest BCUT2D eigenvalue weighted by molar-refractivity contribution is -0.143. The molecule has 0 fully saturated rings. The van der Waals surface area contributed by atoms with Crippen molar-refractivity contribution in [3.8, 4) is 0 Å². The molecule has 3 N–H and O–H groups in total. The standard InChI is InChI=1S/C15H19N3O2/c1-11-4-3-5-13(6-11)15(10-16,14(19)20)7-12-8-17-18(2)9-12/h3-6,8-9H,7,10,16H2,1-2H3,(H,19,20). The number of carboxylic acid groups (broad SMARTS) is 1. The number of nitrogens with two attached hydrogens (primary N) is 1. The zero-order chi connectivity index (χ0) is 14.8. The summed E-state index contributed by atoms with van der Waals surface area (Å²) in [7, 11) is 1.81. The number of aromatic nitrogens is 2. The molecule has 0 aliphatic rings. The Bertz CT molecular complexity index is 621. The summed E-state index contributed by atoms with van der Waals surface area (Å²) in [6.45, 7) is 1.98. The number of rotatable bonds is 5. The highest BCUT2D eigenvalue weighted by atomic mass is 16.4. The molecular formula is C15H19N3O2. The second kappa shape index (κ2) is 5.46. The van der Waals surface area contributed by atoms with E-state index in [1.807, 2.05) is 37.4 Å². The van der Waals surface area contributed by atoms with E-state index in [2.05, 4.69) is 5.10 Å². The molecular weight excluding hydrogens is 254 g/mol. The molecule has 0 radical (unpaired) electrons. The van der Waals surface area contributed by atoms with Gasteiger partial charge in [-0.05, 0) is 24.5 Å². The molecule has 1 heterocycles. The van der Waals surface area contributed by atoms with Gasteiger partial charge in [-0.25, -0.2) is 0 Å². The number of carboxylic acids is 1. The van der Waals surface area contributed by atoms with Crippen molar-refractivity contribution in [1.29, 1.82) is 0 Å². The third-order valence-corrected chi connectivity index (χ3v) is 3.59. The van der Waals surface area contributed by atoms with Gasteiger partial charge in [0.15, 0.2) is 0 Å². The molecule has 0 bridgehead atoms. The highest BCUT2D eigenvalue weighted by molar-refractivity contribution is 5.82. The summed E-state index contributed by atoms with van der Waals surface area (Å²) in [6, 6.07) is 7.51. The Hall–Kier alpha value is -2.14. The van der Waals surface area contributed by atoms with Crippen LogP contribution >= 0.6 is 0 Å². The Balaban J connectivity index is 2.47. The molecule has 0 aliphatic heterocycles. The summed E-state index contributed by atoms with van der Waals surface area (Å²) >= 11 is 0. The van der Waals surface area contributed by atoms with Crippen molar-refractivity contribution < 1.29 is 9.90 Å². The SMILES string of the molecule is Cc1cccc(C(CN)(Cc2cnn(C)c2)C(=O)O)c1. The average molecular weight is 273 g/mol. The molecule has 0 amide bonds. The molecule has 0 spiro atoms. The molecule has 1 atom stereocenters. The van der Waals surface area contributed by atoms with Gasteiger partial charge in [-0.1, -0.05) is 29.8 Å². The van der Waals surface area contributed by atoms with Crippen molar-refractivity contribution >= 4 is 5.97 Å². The summed E-state index contributed by atoms with van der Waals surface area (Å²) in [5, 5.41) is 13.8. The topological polar surface area (TPSA) is 81.1 Å². The lowest BCUT2D eigenvalue weighted by atomic mass is 9.75. The first-order valence-corrected chi connectivity index (χ1v) is 6.46. The summed E-state index contributed by atoms with van der Waals surface area (Å²) in [4.78, 5) is 11.9. The van der Waals surface area contributed by atoms with Gasteiger partial charge in [-0.2, -0.15) is 5.10 Å². The summed E-state index contributed by atoms with van der Waals surface area (Å²) in [5.41, 5.74) is 7.34. The molecule has 0 aliphatic carbocycles. The zero-order valence-electron chi connectivity index (χ0n) is 11.7. The van der Waals surface area contributed by atoms with Crippen molar-refractivity contribution in [2.45, 2.75) is 18.8 Å². The quantitative estimate of drug-likeness (QED) is 0.859. The van der Waals surface area contributed by atoms with Crippen molar-refractivity contribution in [3.05, 3.63) is 53.3 Å². The second-order valence-corrected chi connectivity index (χ2v) is 5.16. The predicted molar refractivity (Wildman–Crippen MR) is 76.5 cm³/mol. The van der Waals surface area contributed by atoms with Crippen LogP contribution in [0.15, 0.2) is 36.7 Å². The molecule has 0 saturated heterocycles. The second-order valence-electron chi connectivity index (χ2n) is 5.16.